The number of carbonyl (C=O) groups excluding carboxylic acids is 1. The van der Waals surface area contributed by atoms with Crippen molar-refractivity contribution >= 4 is 17.8 Å². The quantitative estimate of drug-likeness (QED) is 0.677. The number of aryl methyl sites for hydroxylation is 1. The van der Waals surface area contributed by atoms with Gasteiger partial charge in [0.25, 0.3) is 5.56 Å². The Bertz CT molecular complexity index is 727. The Labute approximate surface area is 158 Å². The predicted molar refractivity (Wildman–Crippen MR) is 100 cm³/mol. The van der Waals surface area contributed by atoms with Crippen LogP contribution in [0.5, 0.6) is 0 Å². The van der Waals surface area contributed by atoms with Crippen molar-refractivity contribution in [2.75, 3.05) is 37.7 Å². The van der Waals surface area contributed by atoms with Crippen LogP contribution >= 0.6 is 0 Å². The second-order valence-corrected chi connectivity index (χ2v) is 6.73. The van der Waals surface area contributed by atoms with Gasteiger partial charge in [-0.05, 0) is 26.7 Å². The van der Waals surface area contributed by atoms with Crippen LogP contribution < -0.4 is 10.5 Å². The highest BCUT2D eigenvalue weighted by atomic mass is 16.5. The third-order valence-corrected chi connectivity index (χ3v) is 4.86. The number of hydrogen-bond acceptors (Lipinski definition) is 6. The van der Waals surface area contributed by atoms with Crippen LogP contribution in [0.25, 0.3) is 0 Å². The Kier molecular flexibility index (Phi) is 7.35. The molecule has 1 amide bonds. The van der Waals surface area contributed by atoms with E-state index in [0.29, 0.717) is 49.9 Å². The summed E-state index contributed by atoms with van der Waals surface area (Å²) in [5.74, 6) is -0.806. The molecule has 27 heavy (non-hydrogen) atoms. The Balaban J connectivity index is 2.09. The lowest BCUT2D eigenvalue weighted by Crippen LogP contribution is -2.42. The number of amides is 1. The van der Waals surface area contributed by atoms with Gasteiger partial charge in [-0.3, -0.25) is 19.4 Å². The summed E-state index contributed by atoms with van der Waals surface area (Å²) < 4.78 is 5.30. The van der Waals surface area contributed by atoms with Gasteiger partial charge in [-0.1, -0.05) is 6.92 Å². The number of hydrogen-bond donors (Lipinski definition) is 2. The molecule has 2 rings (SSSR count). The van der Waals surface area contributed by atoms with E-state index >= 15 is 0 Å². The van der Waals surface area contributed by atoms with Gasteiger partial charge in [0, 0.05) is 36.8 Å². The average Bonchev–Trinajstić information content (AvgIpc) is 2.65. The standard InChI is InChI=1S/C18H28N4O5/c1-4-12(2)22(11-16(24)25)15(23)6-5-14-13(3)19-18(20-17(14)26)21-7-9-27-10-8-21/h12H,4-11H2,1-3H3,(H,24,25)(H,19,20,26). The Morgan fingerprint density at radius 1 is 1.37 bits per heavy atom. The molecule has 1 aliphatic rings. The first-order valence-electron chi connectivity index (χ1n) is 9.27. The van der Waals surface area contributed by atoms with Crippen molar-refractivity contribution < 1.29 is 19.4 Å². The highest BCUT2D eigenvalue weighted by molar-refractivity contribution is 5.81. The summed E-state index contributed by atoms with van der Waals surface area (Å²) in [6.45, 7) is 7.65. The lowest BCUT2D eigenvalue weighted by atomic mass is 10.1. The lowest BCUT2D eigenvalue weighted by molar-refractivity contribution is -0.146. The summed E-state index contributed by atoms with van der Waals surface area (Å²) in [5.41, 5.74) is 0.784. The lowest BCUT2D eigenvalue weighted by Gasteiger charge is -2.28. The zero-order valence-corrected chi connectivity index (χ0v) is 16.2. The van der Waals surface area contributed by atoms with Gasteiger partial charge in [-0.15, -0.1) is 0 Å². The van der Waals surface area contributed by atoms with Crippen LogP contribution in [0.2, 0.25) is 0 Å². The van der Waals surface area contributed by atoms with E-state index in [1.165, 1.54) is 4.90 Å². The van der Waals surface area contributed by atoms with Gasteiger partial charge in [-0.25, -0.2) is 4.98 Å². The number of aromatic nitrogens is 2. The van der Waals surface area contributed by atoms with Crippen molar-refractivity contribution in [3.63, 3.8) is 0 Å². The van der Waals surface area contributed by atoms with E-state index in [1.807, 2.05) is 18.7 Å². The van der Waals surface area contributed by atoms with Gasteiger partial charge >= 0.3 is 5.97 Å². The third-order valence-electron chi connectivity index (χ3n) is 4.86. The van der Waals surface area contributed by atoms with Crippen LogP contribution in [0, 0.1) is 6.92 Å². The maximum absolute atomic E-state index is 12.5. The molecule has 9 heteroatoms. The van der Waals surface area contributed by atoms with Gasteiger partial charge in [-0.2, -0.15) is 0 Å². The molecule has 0 spiro atoms. The Hall–Kier alpha value is -2.42. The summed E-state index contributed by atoms with van der Waals surface area (Å²) >= 11 is 0. The second-order valence-electron chi connectivity index (χ2n) is 6.73. The van der Waals surface area contributed by atoms with Crippen LogP contribution in [0.15, 0.2) is 4.79 Å². The fourth-order valence-electron chi connectivity index (χ4n) is 3.05. The van der Waals surface area contributed by atoms with Crippen LogP contribution in [0.1, 0.15) is 37.9 Å². The molecule has 1 aromatic rings. The first-order chi connectivity index (χ1) is 12.8. The monoisotopic (exact) mass is 380 g/mol. The number of carbonyl (C=O) groups is 2. The van der Waals surface area contributed by atoms with E-state index < -0.39 is 5.97 Å². The smallest absolute Gasteiger partial charge is 0.323 e. The molecule has 1 unspecified atom stereocenters. The Morgan fingerprint density at radius 3 is 2.59 bits per heavy atom. The minimum atomic E-state index is -1.05. The molecule has 1 saturated heterocycles. The number of nitrogens with one attached hydrogen (secondary N) is 1. The molecule has 0 radical (unpaired) electrons. The number of nitrogens with zero attached hydrogens (tertiary/aromatic N) is 3. The molecular formula is C18H28N4O5. The molecule has 1 aromatic heterocycles. The molecule has 2 N–H and O–H groups in total. The van der Waals surface area contributed by atoms with Crippen LogP contribution in [-0.2, 0) is 20.7 Å². The molecule has 1 aliphatic heterocycles. The highest BCUT2D eigenvalue weighted by Crippen LogP contribution is 2.13. The normalized spacial score (nSPS) is 15.4. The van der Waals surface area contributed by atoms with E-state index in [0.717, 1.165) is 0 Å². The SMILES string of the molecule is CCC(C)N(CC(=O)O)C(=O)CCc1c(C)nc(N2CCOCC2)[nH]c1=O. The maximum Gasteiger partial charge on any atom is 0.323 e. The number of anilines is 1. The summed E-state index contributed by atoms with van der Waals surface area (Å²) in [4.78, 5) is 46.6. The van der Waals surface area contributed by atoms with Crippen molar-refractivity contribution in [2.24, 2.45) is 0 Å². The predicted octanol–water partition coefficient (Wildman–Crippen LogP) is 0.559. The van der Waals surface area contributed by atoms with Gasteiger partial charge in [0.2, 0.25) is 11.9 Å². The summed E-state index contributed by atoms with van der Waals surface area (Å²) in [7, 11) is 0. The minimum Gasteiger partial charge on any atom is -0.480 e. The Morgan fingerprint density at radius 2 is 2.04 bits per heavy atom. The van der Waals surface area contributed by atoms with Crippen LogP contribution in [-0.4, -0.2) is 70.7 Å². The van der Waals surface area contributed by atoms with Gasteiger partial charge in [0.1, 0.15) is 6.54 Å². The summed E-state index contributed by atoms with van der Waals surface area (Å²) in [6.07, 6.45) is 0.956. The highest BCUT2D eigenvalue weighted by Gasteiger charge is 2.22. The summed E-state index contributed by atoms with van der Waals surface area (Å²) in [6, 6.07) is -0.171. The number of morpholine rings is 1. The maximum atomic E-state index is 12.5. The van der Waals surface area contributed by atoms with Crippen molar-refractivity contribution in [1.29, 1.82) is 0 Å². The number of ether oxygens (including phenoxy) is 1. The number of rotatable bonds is 8. The van der Waals surface area contributed by atoms with E-state index in [4.69, 9.17) is 9.84 Å². The third kappa shape index (κ3) is 5.53. The largest absolute Gasteiger partial charge is 0.480 e. The van der Waals surface area contributed by atoms with Gasteiger partial charge in [0.05, 0.1) is 13.2 Å². The molecule has 0 aromatic carbocycles. The van der Waals surface area contributed by atoms with Crippen molar-refractivity contribution in [1.82, 2.24) is 14.9 Å². The number of carboxylic acids is 1. The van der Waals surface area contributed by atoms with Crippen molar-refractivity contribution in [2.45, 2.75) is 46.1 Å². The first-order valence-corrected chi connectivity index (χ1v) is 9.27. The van der Waals surface area contributed by atoms with E-state index in [9.17, 15) is 14.4 Å². The molecule has 1 fully saturated rings. The molecule has 0 bridgehead atoms. The molecule has 2 heterocycles. The second kappa shape index (κ2) is 9.50. The molecule has 0 aliphatic carbocycles. The summed E-state index contributed by atoms with van der Waals surface area (Å²) in [5, 5.41) is 9.03. The van der Waals surface area contributed by atoms with Gasteiger partial charge < -0.3 is 19.6 Å². The zero-order chi connectivity index (χ0) is 20.0. The number of aliphatic carboxylic acids is 1. The molecule has 1 atom stereocenters. The molecular weight excluding hydrogens is 352 g/mol. The molecule has 150 valence electrons. The minimum absolute atomic E-state index is 0.0696. The average molecular weight is 380 g/mol. The molecule has 9 nitrogen and oxygen atoms in total. The van der Waals surface area contributed by atoms with E-state index in [2.05, 4.69) is 9.97 Å². The van der Waals surface area contributed by atoms with E-state index in [1.54, 1.807) is 6.92 Å². The number of carboxylic acid groups (broad SMARTS) is 1. The first kappa shape index (κ1) is 20.9. The fourth-order valence-corrected chi connectivity index (χ4v) is 3.05. The fraction of sp³-hybridized carbons (Fsp3) is 0.667. The topological polar surface area (TPSA) is 116 Å². The van der Waals surface area contributed by atoms with E-state index in [-0.39, 0.29) is 36.9 Å². The van der Waals surface area contributed by atoms with Crippen LogP contribution in [0.3, 0.4) is 0 Å². The number of H-pyrrole nitrogens is 1. The van der Waals surface area contributed by atoms with Crippen molar-refractivity contribution in [3.8, 4) is 0 Å². The van der Waals surface area contributed by atoms with Gasteiger partial charge in [0.15, 0.2) is 0 Å². The number of aromatic amines is 1. The molecule has 0 saturated carbocycles. The van der Waals surface area contributed by atoms with Crippen LogP contribution in [0.4, 0.5) is 5.95 Å². The van der Waals surface area contributed by atoms with Crippen molar-refractivity contribution in [3.05, 3.63) is 21.6 Å². The zero-order valence-electron chi connectivity index (χ0n) is 16.2.